The Morgan fingerprint density at radius 1 is 1.05 bits per heavy atom. The van der Waals surface area contributed by atoms with Gasteiger partial charge in [0.15, 0.2) is 0 Å². The van der Waals surface area contributed by atoms with E-state index in [0.29, 0.717) is 51.2 Å². The third-order valence-corrected chi connectivity index (χ3v) is 8.78. The lowest BCUT2D eigenvalue weighted by Crippen LogP contribution is -2.43. The Morgan fingerprint density at radius 2 is 1.73 bits per heavy atom. The number of hydrogen-bond donors (Lipinski definition) is 1. The molecule has 0 spiro atoms. The normalized spacial score (nSPS) is 20.1. The molecule has 1 aliphatic heterocycles. The summed E-state index contributed by atoms with van der Waals surface area (Å²) >= 11 is 0. The number of carbonyl (C=O) groups excluding carboxylic acids is 1. The molecule has 0 aromatic carbocycles. The van der Waals surface area contributed by atoms with Crippen molar-refractivity contribution in [2.75, 3.05) is 61.2 Å². The highest BCUT2D eigenvalue weighted by molar-refractivity contribution is 5.79. The van der Waals surface area contributed by atoms with Gasteiger partial charge in [0.25, 0.3) is 0 Å². The lowest BCUT2D eigenvalue weighted by molar-refractivity contribution is -0.139. The number of ether oxygens (including phenoxy) is 2. The lowest BCUT2D eigenvalue weighted by Gasteiger charge is -2.40. The van der Waals surface area contributed by atoms with Crippen LogP contribution in [0.25, 0.3) is 0 Å². The summed E-state index contributed by atoms with van der Waals surface area (Å²) in [7, 11) is 7.15. The van der Waals surface area contributed by atoms with Crippen molar-refractivity contribution in [1.82, 2.24) is 24.5 Å². The topological polar surface area (TPSA) is 100 Å². The van der Waals surface area contributed by atoms with Crippen molar-refractivity contribution >= 4 is 12.0 Å². The maximum Gasteiger partial charge on any atom is 0.407 e. The zero-order chi connectivity index (χ0) is 26.6. The molecule has 10 nitrogen and oxygen atoms in total. The average molecular weight is 520 g/mol. The van der Waals surface area contributed by atoms with Gasteiger partial charge in [0, 0.05) is 64.3 Å². The van der Waals surface area contributed by atoms with E-state index in [0.717, 1.165) is 63.7 Å². The van der Waals surface area contributed by atoms with Crippen molar-refractivity contribution in [2.24, 2.45) is 11.3 Å². The van der Waals surface area contributed by atoms with Gasteiger partial charge in [0.1, 0.15) is 0 Å². The van der Waals surface area contributed by atoms with Crippen LogP contribution in [0.15, 0.2) is 0 Å². The van der Waals surface area contributed by atoms with Crippen molar-refractivity contribution in [2.45, 2.75) is 70.5 Å². The van der Waals surface area contributed by atoms with E-state index in [1.807, 2.05) is 7.05 Å². The molecule has 0 unspecified atom stereocenters. The summed E-state index contributed by atoms with van der Waals surface area (Å²) in [5.74, 6) is 0.894. The first-order valence-corrected chi connectivity index (χ1v) is 13.7. The minimum atomic E-state index is -0.916. The van der Waals surface area contributed by atoms with Crippen LogP contribution >= 0.6 is 0 Å². The molecule has 3 aliphatic rings. The van der Waals surface area contributed by atoms with E-state index < -0.39 is 6.09 Å². The summed E-state index contributed by atoms with van der Waals surface area (Å²) in [6.07, 6.45) is 6.44. The lowest BCUT2D eigenvalue weighted by atomic mass is 9.69. The van der Waals surface area contributed by atoms with Gasteiger partial charge in [-0.15, -0.1) is 0 Å². The third-order valence-electron chi connectivity index (χ3n) is 8.78. The molecule has 2 fully saturated rings. The van der Waals surface area contributed by atoms with E-state index in [4.69, 9.17) is 14.6 Å². The van der Waals surface area contributed by atoms with Crippen LogP contribution in [0.2, 0.25) is 0 Å². The number of fused-ring (bicyclic) bond motifs is 1. The SMILES string of the molecule is COCC1(COC)CCC(c2c(CN(C)CCN(C)C(=O)O)nn3c2CN(C(=O)C2CCC2)CC3)CC1. The maximum atomic E-state index is 13.1. The number of amides is 2. The smallest absolute Gasteiger partial charge is 0.407 e. The molecule has 0 bridgehead atoms. The number of likely N-dealkylation sites (N-methyl/N-ethyl adjacent to an activating group) is 2. The maximum absolute atomic E-state index is 13.1. The molecular formula is C27H45N5O5. The number of hydrogen-bond acceptors (Lipinski definition) is 6. The molecule has 4 rings (SSSR count). The van der Waals surface area contributed by atoms with E-state index in [1.54, 1.807) is 21.3 Å². The fraction of sp³-hybridized carbons (Fsp3) is 0.815. The van der Waals surface area contributed by atoms with Crippen LogP contribution in [0.5, 0.6) is 0 Å². The van der Waals surface area contributed by atoms with Crippen LogP contribution in [0.4, 0.5) is 4.79 Å². The fourth-order valence-corrected chi connectivity index (χ4v) is 6.29. The van der Waals surface area contributed by atoms with Crippen molar-refractivity contribution in [1.29, 1.82) is 0 Å². The van der Waals surface area contributed by atoms with Crippen LogP contribution in [0, 0.1) is 11.3 Å². The molecule has 208 valence electrons. The second-order valence-electron chi connectivity index (χ2n) is 11.5. The minimum absolute atomic E-state index is 0.0534. The molecule has 2 heterocycles. The number of nitrogens with zero attached hydrogens (tertiary/aromatic N) is 5. The number of carbonyl (C=O) groups is 2. The second kappa shape index (κ2) is 12.1. The van der Waals surface area contributed by atoms with E-state index in [-0.39, 0.29) is 11.3 Å². The van der Waals surface area contributed by atoms with Crippen molar-refractivity contribution in [3.05, 3.63) is 17.0 Å². The second-order valence-corrected chi connectivity index (χ2v) is 11.5. The quantitative estimate of drug-likeness (QED) is 0.480. The fourth-order valence-electron chi connectivity index (χ4n) is 6.29. The van der Waals surface area contributed by atoms with Crippen molar-refractivity contribution in [3.63, 3.8) is 0 Å². The molecule has 1 aromatic rings. The standard InChI is InChI=1S/C27H45N5O5/c1-29(12-13-30(2)26(34)35)16-22-24(20-8-10-27(11-9-20,18-36-3)19-37-4)23-17-31(14-15-32(23)28-22)25(33)21-6-5-7-21/h20-21H,5-19H2,1-4H3,(H,34,35). The van der Waals surface area contributed by atoms with Gasteiger partial charge in [0.2, 0.25) is 5.91 Å². The van der Waals surface area contributed by atoms with E-state index in [2.05, 4.69) is 14.5 Å². The molecule has 10 heteroatoms. The summed E-state index contributed by atoms with van der Waals surface area (Å²) in [5, 5.41) is 14.3. The molecular weight excluding hydrogens is 474 g/mol. The highest BCUT2D eigenvalue weighted by atomic mass is 16.5. The zero-order valence-electron chi connectivity index (χ0n) is 23.1. The Labute approximate surface area is 220 Å². The third kappa shape index (κ3) is 6.29. The van der Waals surface area contributed by atoms with E-state index in [9.17, 15) is 14.7 Å². The van der Waals surface area contributed by atoms with Crippen LogP contribution < -0.4 is 0 Å². The van der Waals surface area contributed by atoms with E-state index >= 15 is 0 Å². The summed E-state index contributed by atoms with van der Waals surface area (Å²) in [5.41, 5.74) is 3.64. The number of carboxylic acid groups (broad SMARTS) is 1. The monoisotopic (exact) mass is 519 g/mol. The first-order chi connectivity index (χ1) is 17.8. The highest BCUT2D eigenvalue weighted by Crippen LogP contribution is 2.46. The number of aromatic nitrogens is 2. The molecule has 0 radical (unpaired) electrons. The largest absolute Gasteiger partial charge is 0.465 e. The van der Waals surface area contributed by atoms with Crippen molar-refractivity contribution in [3.8, 4) is 0 Å². The summed E-state index contributed by atoms with van der Waals surface area (Å²) in [4.78, 5) is 29.8. The Kier molecular flexibility index (Phi) is 9.13. The Hall–Kier alpha value is -2.17. The van der Waals surface area contributed by atoms with Crippen LogP contribution in [-0.2, 0) is 33.9 Å². The summed E-state index contributed by atoms with van der Waals surface area (Å²) in [6, 6.07) is 0. The average Bonchev–Trinajstić information content (AvgIpc) is 3.19. The van der Waals surface area contributed by atoms with Gasteiger partial charge in [-0.3, -0.25) is 14.4 Å². The Bertz CT molecular complexity index is 930. The van der Waals surface area contributed by atoms with Crippen LogP contribution in [0.1, 0.15) is 67.8 Å². The molecule has 2 amide bonds. The van der Waals surface area contributed by atoms with Crippen LogP contribution in [0.3, 0.4) is 0 Å². The highest BCUT2D eigenvalue weighted by Gasteiger charge is 2.40. The molecule has 1 aromatic heterocycles. The van der Waals surface area contributed by atoms with E-state index in [1.165, 1.54) is 16.2 Å². The molecule has 0 atom stereocenters. The molecule has 0 saturated heterocycles. The summed E-state index contributed by atoms with van der Waals surface area (Å²) < 4.78 is 13.3. The van der Waals surface area contributed by atoms with Gasteiger partial charge in [-0.2, -0.15) is 5.10 Å². The first-order valence-electron chi connectivity index (χ1n) is 13.7. The predicted molar refractivity (Wildman–Crippen MR) is 139 cm³/mol. The zero-order valence-corrected chi connectivity index (χ0v) is 23.1. The van der Waals surface area contributed by atoms with Gasteiger partial charge in [-0.1, -0.05) is 6.42 Å². The Balaban J connectivity index is 1.55. The van der Waals surface area contributed by atoms with Gasteiger partial charge in [-0.25, -0.2) is 4.79 Å². The van der Waals surface area contributed by atoms with Gasteiger partial charge in [0.05, 0.1) is 37.7 Å². The first kappa shape index (κ1) is 27.9. The molecule has 2 aliphatic carbocycles. The molecule has 2 saturated carbocycles. The number of rotatable bonds is 11. The van der Waals surface area contributed by atoms with Gasteiger partial charge < -0.3 is 24.4 Å². The van der Waals surface area contributed by atoms with Gasteiger partial charge in [-0.05, 0) is 51.5 Å². The molecule has 37 heavy (non-hydrogen) atoms. The van der Waals surface area contributed by atoms with Crippen molar-refractivity contribution < 1.29 is 24.2 Å². The summed E-state index contributed by atoms with van der Waals surface area (Å²) in [6.45, 7) is 5.24. The predicted octanol–water partition coefficient (Wildman–Crippen LogP) is 3.00. The Morgan fingerprint density at radius 3 is 2.30 bits per heavy atom. The minimum Gasteiger partial charge on any atom is -0.465 e. The van der Waals surface area contributed by atoms with Gasteiger partial charge >= 0.3 is 6.09 Å². The molecule has 1 N–H and O–H groups in total. The van der Waals surface area contributed by atoms with Crippen LogP contribution in [-0.4, -0.2) is 103 Å². The number of methoxy groups -OCH3 is 2.